The second kappa shape index (κ2) is 6.08. The van der Waals surface area contributed by atoms with Crippen molar-refractivity contribution in [2.45, 2.75) is 63.5 Å². The summed E-state index contributed by atoms with van der Waals surface area (Å²) in [4.78, 5) is 14.8. The van der Waals surface area contributed by atoms with Crippen LogP contribution >= 0.6 is 0 Å². The molecule has 0 aromatic heterocycles. The second-order valence-electron chi connectivity index (χ2n) is 6.48. The Bertz CT molecular complexity index is 481. The van der Waals surface area contributed by atoms with Gasteiger partial charge in [-0.25, -0.2) is 4.79 Å². The first-order valence-corrected chi connectivity index (χ1v) is 8.39. The van der Waals surface area contributed by atoms with Crippen molar-refractivity contribution in [1.82, 2.24) is 10.2 Å². The van der Waals surface area contributed by atoms with Crippen molar-refractivity contribution in [3.05, 3.63) is 35.9 Å². The van der Waals surface area contributed by atoms with Crippen molar-refractivity contribution in [3.63, 3.8) is 0 Å². The van der Waals surface area contributed by atoms with E-state index in [1.807, 2.05) is 6.07 Å². The predicted octanol–water partition coefficient (Wildman–Crippen LogP) is 4.04. The normalized spacial score (nSPS) is 24.2. The van der Waals surface area contributed by atoms with E-state index in [0.29, 0.717) is 6.04 Å². The molecule has 1 aromatic rings. The summed E-state index contributed by atoms with van der Waals surface area (Å²) < 4.78 is 0. The Morgan fingerprint density at radius 1 is 1.24 bits per heavy atom. The molecule has 1 aromatic carbocycles. The van der Waals surface area contributed by atoms with Gasteiger partial charge in [0.05, 0.1) is 5.54 Å². The molecule has 1 unspecified atom stereocenters. The number of amides is 2. The van der Waals surface area contributed by atoms with Crippen molar-refractivity contribution in [3.8, 4) is 0 Å². The van der Waals surface area contributed by atoms with Gasteiger partial charge >= 0.3 is 6.03 Å². The molecular formula is C18H26N2O. The number of hydrogen-bond donors (Lipinski definition) is 1. The van der Waals surface area contributed by atoms with Gasteiger partial charge in [0, 0.05) is 12.6 Å². The maximum Gasteiger partial charge on any atom is 0.318 e. The highest BCUT2D eigenvalue weighted by atomic mass is 16.2. The van der Waals surface area contributed by atoms with Crippen LogP contribution in [0.5, 0.6) is 0 Å². The van der Waals surface area contributed by atoms with E-state index in [4.69, 9.17) is 0 Å². The van der Waals surface area contributed by atoms with Crippen LogP contribution in [0.25, 0.3) is 0 Å². The summed E-state index contributed by atoms with van der Waals surface area (Å²) in [5.74, 6) is 0. The molecule has 1 aliphatic carbocycles. The highest BCUT2D eigenvalue weighted by molar-refractivity contribution is 5.76. The third-order valence-corrected chi connectivity index (χ3v) is 5.24. The fraction of sp³-hybridized carbons (Fsp3) is 0.611. The highest BCUT2D eigenvalue weighted by Crippen LogP contribution is 2.41. The van der Waals surface area contributed by atoms with Crippen molar-refractivity contribution in [2.24, 2.45) is 0 Å². The summed E-state index contributed by atoms with van der Waals surface area (Å²) >= 11 is 0. The fourth-order valence-electron chi connectivity index (χ4n) is 3.74. The number of likely N-dealkylation sites (tertiary alicyclic amines) is 1. The van der Waals surface area contributed by atoms with Gasteiger partial charge in [-0.15, -0.1) is 0 Å². The van der Waals surface area contributed by atoms with Crippen molar-refractivity contribution < 1.29 is 4.79 Å². The Morgan fingerprint density at radius 2 is 2.00 bits per heavy atom. The zero-order valence-electron chi connectivity index (χ0n) is 13.0. The molecule has 3 nitrogen and oxygen atoms in total. The molecular weight excluding hydrogens is 260 g/mol. The molecule has 3 rings (SSSR count). The average Bonchev–Trinajstić information content (AvgIpc) is 2.51. The van der Waals surface area contributed by atoms with E-state index >= 15 is 0 Å². The van der Waals surface area contributed by atoms with E-state index in [1.165, 1.54) is 18.4 Å². The van der Waals surface area contributed by atoms with E-state index in [9.17, 15) is 4.79 Å². The zero-order chi connectivity index (χ0) is 14.7. The highest BCUT2D eigenvalue weighted by Gasteiger charge is 2.41. The van der Waals surface area contributed by atoms with Crippen LogP contribution in [0.15, 0.2) is 30.3 Å². The first-order chi connectivity index (χ1) is 10.2. The van der Waals surface area contributed by atoms with Gasteiger partial charge in [-0.1, -0.05) is 37.3 Å². The molecule has 1 atom stereocenters. The lowest BCUT2D eigenvalue weighted by Crippen LogP contribution is -2.57. The predicted molar refractivity (Wildman–Crippen MR) is 85.1 cm³/mol. The largest absolute Gasteiger partial charge is 0.328 e. The minimum absolute atomic E-state index is 0.117. The van der Waals surface area contributed by atoms with E-state index in [2.05, 4.69) is 41.4 Å². The van der Waals surface area contributed by atoms with E-state index < -0.39 is 0 Å². The third-order valence-electron chi connectivity index (χ3n) is 5.24. The molecule has 0 radical (unpaired) electrons. The molecule has 3 heteroatoms. The van der Waals surface area contributed by atoms with Gasteiger partial charge in [0.15, 0.2) is 0 Å². The topological polar surface area (TPSA) is 32.3 Å². The standard InChI is InChI=1S/C18H26N2O/c1-2-16-11-6-7-14-20(16)17(21)19-18(12-8-13-18)15-9-4-3-5-10-15/h3-5,9-10,16H,2,6-8,11-14H2,1H3,(H,19,21). The minimum atomic E-state index is -0.117. The third kappa shape index (κ3) is 2.78. The van der Waals surface area contributed by atoms with Crippen molar-refractivity contribution >= 4 is 6.03 Å². The summed E-state index contributed by atoms with van der Waals surface area (Å²) in [6.07, 6.45) is 7.94. The van der Waals surface area contributed by atoms with Crippen LogP contribution in [0.4, 0.5) is 4.79 Å². The number of urea groups is 1. The molecule has 2 aliphatic rings. The van der Waals surface area contributed by atoms with Crippen LogP contribution in [0.3, 0.4) is 0 Å². The molecule has 1 saturated carbocycles. The van der Waals surface area contributed by atoms with Gasteiger partial charge in [-0.05, 0) is 50.5 Å². The smallest absolute Gasteiger partial charge is 0.318 e. The maximum atomic E-state index is 12.8. The number of carbonyl (C=O) groups is 1. The summed E-state index contributed by atoms with van der Waals surface area (Å²) in [5.41, 5.74) is 1.14. The van der Waals surface area contributed by atoms with Gasteiger partial charge < -0.3 is 10.2 Å². The van der Waals surface area contributed by atoms with Crippen LogP contribution < -0.4 is 5.32 Å². The van der Waals surface area contributed by atoms with Gasteiger partial charge in [-0.3, -0.25) is 0 Å². The number of nitrogens with one attached hydrogen (secondary N) is 1. The molecule has 21 heavy (non-hydrogen) atoms. The van der Waals surface area contributed by atoms with E-state index in [0.717, 1.165) is 38.6 Å². The van der Waals surface area contributed by atoms with Crippen molar-refractivity contribution in [2.75, 3.05) is 6.54 Å². The summed E-state index contributed by atoms with van der Waals surface area (Å²) in [6.45, 7) is 3.10. The van der Waals surface area contributed by atoms with Crippen LogP contribution in [-0.4, -0.2) is 23.5 Å². The zero-order valence-corrected chi connectivity index (χ0v) is 13.0. The van der Waals surface area contributed by atoms with Crippen LogP contribution in [0.2, 0.25) is 0 Å². The Balaban J connectivity index is 1.73. The number of carbonyl (C=O) groups excluding carboxylic acids is 1. The van der Waals surface area contributed by atoms with Crippen LogP contribution in [0.1, 0.15) is 57.4 Å². The Hall–Kier alpha value is -1.51. The minimum Gasteiger partial charge on any atom is -0.328 e. The number of hydrogen-bond acceptors (Lipinski definition) is 1. The number of nitrogens with zero attached hydrogens (tertiary/aromatic N) is 1. The molecule has 1 N–H and O–H groups in total. The SMILES string of the molecule is CCC1CCCCN1C(=O)NC1(c2ccccc2)CCC1. The monoisotopic (exact) mass is 286 g/mol. The summed E-state index contributed by atoms with van der Waals surface area (Å²) in [5, 5.41) is 3.37. The first kappa shape index (κ1) is 14.4. The van der Waals surface area contributed by atoms with Gasteiger partial charge in [0.2, 0.25) is 0 Å². The molecule has 1 heterocycles. The second-order valence-corrected chi connectivity index (χ2v) is 6.48. The lowest BCUT2D eigenvalue weighted by Gasteiger charge is -2.45. The summed E-state index contributed by atoms with van der Waals surface area (Å²) in [7, 11) is 0. The van der Waals surface area contributed by atoms with Gasteiger partial charge in [-0.2, -0.15) is 0 Å². The molecule has 2 fully saturated rings. The Labute approximate surface area is 127 Å². The van der Waals surface area contributed by atoms with E-state index in [1.54, 1.807) is 0 Å². The number of benzene rings is 1. The summed E-state index contributed by atoms with van der Waals surface area (Å²) in [6, 6.07) is 11.0. The van der Waals surface area contributed by atoms with E-state index in [-0.39, 0.29) is 11.6 Å². The van der Waals surface area contributed by atoms with Crippen LogP contribution in [0, 0.1) is 0 Å². The first-order valence-electron chi connectivity index (χ1n) is 8.39. The van der Waals surface area contributed by atoms with Gasteiger partial charge in [0.25, 0.3) is 0 Å². The molecule has 1 aliphatic heterocycles. The molecule has 1 saturated heterocycles. The Morgan fingerprint density at radius 3 is 2.62 bits per heavy atom. The molecule has 0 bridgehead atoms. The molecule has 2 amide bonds. The molecule has 114 valence electrons. The van der Waals surface area contributed by atoms with Crippen molar-refractivity contribution in [1.29, 1.82) is 0 Å². The van der Waals surface area contributed by atoms with Crippen LogP contribution in [-0.2, 0) is 5.54 Å². The maximum absolute atomic E-state index is 12.8. The quantitative estimate of drug-likeness (QED) is 0.893. The number of piperidine rings is 1. The average molecular weight is 286 g/mol. The lowest BCUT2D eigenvalue weighted by atomic mass is 9.72. The molecule has 0 spiro atoms. The Kier molecular flexibility index (Phi) is 4.18. The lowest BCUT2D eigenvalue weighted by molar-refractivity contribution is 0.119. The van der Waals surface area contributed by atoms with Gasteiger partial charge in [0.1, 0.15) is 0 Å². The number of rotatable bonds is 3. The fourth-order valence-corrected chi connectivity index (χ4v) is 3.74.